The molecule has 0 saturated carbocycles. The number of carbonyl (C=O) groups is 1. The zero-order valence-corrected chi connectivity index (χ0v) is 20.2. The van der Waals surface area contributed by atoms with Crippen molar-refractivity contribution in [2.45, 2.75) is 38.0 Å². The van der Waals surface area contributed by atoms with Gasteiger partial charge in [-0.1, -0.05) is 48.0 Å². The first-order valence-electron chi connectivity index (χ1n) is 12.3. The summed E-state index contributed by atoms with van der Waals surface area (Å²) >= 11 is 6.53. The molecular formula is C28H31ClN4O. The van der Waals surface area contributed by atoms with Crippen LogP contribution in [0.1, 0.15) is 42.9 Å². The third-order valence-corrected chi connectivity index (χ3v) is 7.42. The van der Waals surface area contributed by atoms with Crippen molar-refractivity contribution in [2.75, 3.05) is 31.1 Å². The van der Waals surface area contributed by atoms with Crippen LogP contribution in [-0.2, 0) is 11.2 Å². The molecule has 0 spiro atoms. The normalized spacial score (nSPS) is 19.2. The van der Waals surface area contributed by atoms with Gasteiger partial charge in [0.25, 0.3) is 0 Å². The van der Waals surface area contributed by atoms with Crippen molar-refractivity contribution in [2.24, 2.45) is 5.92 Å². The molecule has 0 unspecified atom stereocenters. The van der Waals surface area contributed by atoms with Gasteiger partial charge in [-0.25, -0.2) is 4.98 Å². The molecule has 5 rings (SSSR count). The fourth-order valence-electron chi connectivity index (χ4n) is 5.14. The van der Waals surface area contributed by atoms with E-state index in [1.807, 2.05) is 18.2 Å². The lowest BCUT2D eigenvalue weighted by Gasteiger charge is -2.33. The lowest BCUT2D eigenvalue weighted by molar-refractivity contribution is -0.122. The van der Waals surface area contributed by atoms with Crippen molar-refractivity contribution < 1.29 is 4.79 Å². The number of ketones is 1. The number of piperidine rings is 2. The molecule has 34 heavy (non-hydrogen) atoms. The number of halogens is 1. The van der Waals surface area contributed by atoms with Crippen molar-refractivity contribution in [3.63, 3.8) is 0 Å². The molecule has 3 aromatic rings. The maximum absolute atomic E-state index is 12.8. The monoisotopic (exact) mass is 474 g/mol. The minimum atomic E-state index is 0.0787. The van der Waals surface area contributed by atoms with E-state index in [4.69, 9.17) is 16.6 Å². The largest absolute Gasteiger partial charge is 0.357 e. The van der Waals surface area contributed by atoms with Crippen LogP contribution in [-0.4, -0.2) is 41.9 Å². The van der Waals surface area contributed by atoms with Crippen LogP contribution >= 0.6 is 11.6 Å². The van der Waals surface area contributed by atoms with Crippen LogP contribution in [0.3, 0.4) is 0 Å². The molecule has 1 atom stereocenters. The zero-order chi connectivity index (χ0) is 23.3. The highest BCUT2D eigenvalue weighted by molar-refractivity contribution is 6.33. The molecule has 0 radical (unpaired) electrons. The van der Waals surface area contributed by atoms with Crippen LogP contribution in [0.4, 0.5) is 5.82 Å². The Labute approximate surface area is 206 Å². The van der Waals surface area contributed by atoms with Gasteiger partial charge in [-0.2, -0.15) is 0 Å². The number of rotatable bonds is 6. The van der Waals surface area contributed by atoms with Gasteiger partial charge in [0.15, 0.2) is 0 Å². The average Bonchev–Trinajstić information content (AvgIpc) is 2.91. The molecule has 0 aliphatic carbocycles. The summed E-state index contributed by atoms with van der Waals surface area (Å²) < 4.78 is 0. The number of pyridine rings is 2. The number of nitrogens with zero attached hydrogens (tertiary/aromatic N) is 3. The van der Waals surface area contributed by atoms with Crippen molar-refractivity contribution in [1.82, 2.24) is 15.3 Å². The van der Waals surface area contributed by atoms with Gasteiger partial charge >= 0.3 is 0 Å². The van der Waals surface area contributed by atoms with Crippen LogP contribution < -0.4 is 10.2 Å². The molecule has 1 N–H and O–H groups in total. The summed E-state index contributed by atoms with van der Waals surface area (Å²) in [5.74, 6) is 1.91. The van der Waals surface area contributed by atoms with E-state index in [2.05, 4.69) is 51.6 Å². The van der Waals surface area contributed by atoms with E-state index in [0.717, 1.165) is 74.6 Å². The lowest BCUT2D eigenvalue weighted by Crippen LogP contribution is -2.35. The molecule has 2 aromatic heterocycles. The smallest absolute Gasteiger partial charge is 0.143 e. The molecule has 2 aliphatic heterocycles. The van der Waals surface area contributed by atoms with Crippen molar-refractivity contribution >= 4 is 23.2 Å². The molecule has 6 heteroatoms. The fraction of sp³-hybridized carbons (Fsp3) is 0.393. The highest BCUT2D eigenvalue weighted by Crippen LogP contribution is 2.32. The van der Waals surface area contributed by atoms with E-state index in [1.165, 1.54) is 5.56 Å². The molecule has 5 nitrogen and oxygen atoms in total. The number of Topliss-reactive ketones (excluding diaryl/α,β-unsaturated/α-hetero) is 1. The molecule has 2 fully saturated rings. The number of hydrogen-bond acceptors (Lipinski definition) is 5. The predicted molar refractivity (Wildman–Crippen MR) is 137 cm³/mol. The van der Waals surface area contributed by atoms with E-state index in [-0.39, 0.29) is 11.7 Å². The number of hydrogen-bond donors (Lipinski definition) is 1. The molecule has 176 valence electrons. The molecule has 1 aromatic carbocycles. The van der Waals surface area contributed by atoms with Crippen molar-refractivity contribution in [1.29, 1.82) is 0 Å². The predicted octanol–water partition coefficient (Wildman–Crippen LogP) is 5.29. The number of benzene rings is 1. The van der Waals surface area contributed by atoms with Gasteiger partial charge < -0.3 is 10.2 Å². The Balaban J connectivity index is 1.29. The number of nitrogens with one attached hydrogen (secondary N) is 1. The first-order valence-corrected chi connectivity index (χ1v) is 12.7. The Morgan fingerprint density at radius 1 is 1.06 bits per heavy atom. The number of carbonyl (C=O) groups excluding carboxylic acids is 1. The second-order valence-electron chi connectivity index (χ2n) is 9.39. The number of aromatic nitrogens is 2. The minimum Gasteiger partial charge on any atom is -0.357 e. The van der Waals surface area contributed by atoms with Gasteiger partial charge in [0.2, 0.25) is 0 Å². The SMILES string of the molecule is O=C(Cc1cc(-c2cccc(N3CCC(c4ccccc4)CC3)n2)c(Cl)cn1)[C@@H]1CCCNC1. The summed E-state index contributed by atoms with van der Waals surface area (Å²) in [6.07, 6.45) is 6.23. The van der Waals surface area contributed by atoms with E-state index in [1.54, 1.807) is 6.20 Å². The molecule has 0 amide bonds. The summed E-state index contributed by atoms with van der Waals surface area (Å²) in [6, 6.07) is 18.8. The molecule has 2 aliphatic rings. The summed E-state index contributed by atoms with van der Waals surface area (Å²) in [5, 5.41) is 3.88. The van der Waals surface area contributed by atoms with Crippen LogP contribution in [0.5, 0.6) is 0 Å². The third-order valence-electron chi connectivity index (χ3n) is 7.12. The Hall–Kier alpha value is -2.76. The van der Waals surface area contributed by atoms with Gasteiger partial charge in [-0.05, 0) is 61.9 Å². The summed E-state index contributed by atoms with van der Waals surface area (Å²) in [4.78, 5) is 24.5. The van der Waals surface area contributed by atoms with Crippen LogP contribution in [0.25, 0.3) is 11.3 Å². The van der Waals surface area contributed by atoms with Gasteiger partial charge in [0.05, 0.1) is 10.7 Å². The molecular weight excluding hydrogens is 444 g/mol. The fourth-order valence-corrected chi connectivity index (χ4v) is 5.34. The summed E-state index contributed by atoms with van der Waals surface area (Å²) in [7, 11) is 0. The van der Waals surface area contributed by atoms with Crippen molar-refractivity contribution in [3.05, 3.63) is 77.1 Å². The minimum absolute atomic E-state index is 0.0787. The lowest BCUT2D eigenvalue weighted by atomic mass is 9.89. The van der Waals surface area contributed by atoms with E-state index in [0.29, 0.717) is 17.4 Å². The maximum Gasteiger partial charge on any atom is 0.143 e. The Bertz CT molecular complexity index is 1120. The number of anilines is 1. The van der Waals surface area contributed by atoms with Crippen LogP contribution in [0, 0.1) is 5.92 Å². The van der Waals surface area contributed by atoms with E-state index >= 15 is 0 Å². The molecule has 2 saturated heterocycles. The Morgan fingerprint density at radius 2 is 1.88 bits per heavy atom. The summed E-state index contributed by atoms with van der Waals surface area (Å²) in [5.41, 5.74) is 3.84. The first-order chi connectivity index (χ1) is 16.7. The zero-order valence-electron chi connectivity index (χ0n) is 19.4. The van der Waals surface area contributed by atoms with Gasteiger partial charge in [-0.15, -0.1) is 0 Å². The Morgan fingerprint density at radius 3 is 2.65 bits per heavy atom. The topological polar surface area (TPSA) is 58.1 Å². The average molecular weight is 475 g/mol. The molecule has 4 heterocycles. The second-order valence-corrected chi connectivity index (χ2v) is 9.80. The Kier molecular flexibility index (Phi) is 7.21. The van der Waals surface area contributed by atoms with Crippen LogP contribution in [0.15, 0.2) is 60.8 Å². The highest BCUT2D eigenvalue weighted by atomic mass is 35.5. The maximum atomic E-state index is 12.8. The van der Waals surface area contributed by atoms with E-state index in [9.17, 15) is 4.79 Å². The highest BCUT2D eigenvalue weighted by Gasteiger charge is 2.23. The second kappa shape index (κ2) is 10.7. The van der Waals surface area contributed by atoms with Gasteiger partial charge in [0.1, 0.15) is 11.6 Å². The van der Waals surface area contributed by atoms with Gasteiger partial charge in [0, 0.05) is 49.4 Å². The van der Waals surface area contributed by atoms with Gasteiger partial charge in [-0.3, -0.25) is 9.78 Å². The third kappa shape index (κ3) is 5.31. The summed E-state index contributed by atoms with van der Waals surface area (Å²) in [6.45, 7) is 3.73. The van der Waals surface area contributed by atoms with E-state index < -0.39 is 0 Å². The standard InChI is InChI=1S/C28H31ClN4O/c29-25-19-31-23(17-27(34)22-8-5-13-30-18-22)16-24(25)26-9-4-10-28(32-26)33-14-11-21(12-15-33)20-6-2-1-3-7-20/h1-4,6-7,9-10,16,19,21-22,30H,5,8,11-15,17-18H2/t22-/m1/s1. The van der Waals surface area contributed by atoms with Crippen molar-refractivity contribution in [3.8, 4) is 11.3 Å². The first kappa shape index (κ1) is 23.0. The quantitative estimate of drug-likeness (QED) is 0.525. The molecule has 0 bridgehead atoms. The van der Waals surface area contributed by atoms with Crippen LogP contribution in [0.2, 0.25) is 5.02 Å².